The molecule has 0 heterocycles. The molecule has 1 aliphatic carbocycles. The maximum atomic E-state index is 2.39. The zero-order valence-electron chi connectivity index (χ0n) is 10.6. The molecule has 0 nitrogen and oxygen atoms in total. The van der Waals surface area contributed by atoms with Gasteiger partial charge < -0.3 is 0 Å². The van der Waals surface area contributed by atoms with E-state index < -0.39 is 0 Å². The standard InChI is InChI=1S/C15H22/c1-10(2)13-9-11(3)8-12-6-7-15(4,5)14(12)13/h8-10H,6-7H2,1-5H3. The minimum absolute atomic E-state index is 0.392. The van der Waals surface area contributed by atoms with Crippen LogP contribution < -0.4 is 0 Å². The van der Waals surface area contributed by atoms with Crippen LogP contribution in [0.25, 0.3) is 0 Å². The van der Waals surface area contributed by atoms with E-state index in [-0.39, 0.29) is 0 Å². The van der Waals surface area contributed by atoms with Crippen molar-refractivity contribution in [1.29, 1.82) is 0 Å². The van der Waals surface area contributed by atoms with Crippen LogP contribution in [0.3, 0.4) is 0 Å². The van der Waals surface area contributed by atoms with Gasteiger partial charge in [0.2, 0.25) is 0 Å². The fourth-order valence-electron chi connectivity index (χ4n) is 2.94. The highest BCUT2D eigenvalue weighted by Crippen LogP contribution is 2.42. The summed E-state index contributed by atoms with van der Waals surface area (Å²) in [7, 11) is 0. The van der Waals surface area contributed by atoms with Crippen LogP contribution in [-0.2, 0) is 11.8 Å². The Morgan fingerprint density at radius 1 is 1.20 bits per heavy atom. The molecule has 15 heavy (non-hydrogen) atoms. The van der Waals surface area contributed by atoms with Crippen molar-refractivity contribution < 1.29 is 0 Å². The van der Waals surface area contributed by atoms with Gasteiger partial charge in [0.05, 0.1) is 0 Å². The number of aryl methyl sites for hydroxylation is 2. The van der Waals surface area contributed by atoms with E-state index >= 15 is 0 Å². The van der Waals surface area contributed by atoms with E-state index in [4.69, 9.17) is 0 Å². The van der Waals surface area contributed by atoms with Gasteiger partial charge in [0.1, 0.15) is 0 Å². The molecular weight excluding hydrogens is 180 g/mol. The molecule has 0 N–H and O–H groups in total. The summed E-state index contributed by atoms with van der Waals surface area (Å²) in [6.45, 7) is 11.6. The summed E-state index contributed by atoms with van der Waals surface area (Å²) in [4.78, 5) is 0. The number of fused-ring (bicyclic) bond motifs is 1. The monoisotopic (exact) mass is 202 g/mol. The van der Waals surface area contributed by atoms with E-state index in [0.29, 0.717) is 11.3 Å². The molecule has 0 aromatic heterocycles. The van der Waals surface area contributed by atoms with E-state index in [0.717, 1.165) is 0 Å². The predicted octanol–water partition coefficient (Wildman–Crippen LogP) is 4.34. The smallest absolute Gasteiger partial charge is 0.00948 e. The molecule has 0 spiro atoms. The van der Waals surface area contributed by atoms with Crippen LogP contribution in [-0.4, -0.2) is 0 Å². The lowest BCUT2D eigenvalue weighted by Gasteiger charge is -2.24. The Morgan fingerprint density at radius 2 is 1.87 bits per heavy atom. The maximum Gasteiger partial charge on any atom is -0.00948 e. The van der Waals surface area contributed by atoms with Crippen LogP contribution in [0.4, 0.5) is 0 Å². The molecule has 0 saturated carbocycles. The molecule has 0 fully saturated rings. The highest BCUT2D eigenvalue weighted by molar-refractivity contribution is 5.48. The quantitative estimate of drug-likeness (QED) is 0.635. The van der Waals surface area contributed by atoms with Crippen molar-refractivity contribution in [3.8, 4) is 0 Å². The topological polar surface area (TPSA) is 0 Å². The summed E-state index contributed by atoms with van der Waals surface area (Å²) >= 11 is 0. The Morgan fingerprint density at radius 3 is 2.47 bits per heavy atom. The molecule has 0 heteroatoms. The number of hydrogen-bond donors (Lipinski definition) is 0. The Balaban J connectivity index is 2.66. The van der Waals surface area contributed by atoms with E-state index in [1.807, 2.05) is 0 Å². The van der Waals surface area contributed by atoms with Crippen molar-refractivity contribution in [3.05, 3.63) is 34.4 Å². The van der Waals surface area contributed by atoms with E-state index in [2.05, 4.69) is 46.8 Å². The maximum absolute atomic E-state index is 2.39. The van der Waals surface area contributed by atoms with E-state index in [1.165, 1.54) is 18.4 Å². The average molecular weight is 202 g/mol. The molecule has 0 atom stereocenters. The lowest BCUT2D eigenvalue weighted by molar-refractivity contribution is 0.515. The molecule has 0 bridgehead atoms. The normalized spacial score (nSPS) is 18.3. The summed E-state index contributed by atoms with van der Waals surface area (Å²) < 4.78 is 0. The molecule has 0 unspecified atom stereocenters. The van der Waals surface area contributed by atoms with Gasteiger partial charge in [-0.05, 0) is 47.8 Å². The van der Waals surface area contributed by atoms with Gasteiger partial charge in [0.15, 0.2) is 0 Å². The second-order valence-electron chi connectivity index (χ2n) is 5.93. The van der Waals surface area contributed by atoms with Crippen molar-refractivity contribution in [2.24, 2.45) is 0 Å². The molecule has 1 aromatic carbocycles. The van der Waals surface area contributed by atoms with Gasteiger partial charge >= 0.3 is 0 Å². The van der Waals surface area contributed by atoms with Crippen molar-refractivity contribution in [2.45, 2.75) is 58.8 Å². The first-order valence-electron chi connectivity index (χ1n) is 6.06. The molecule has 0 amide bonds. The number of hydrogen-bond acceptors (Lipinski definition) is 0. The van der Waals surface area contributed by atoms with Gasteiger partial charge in [-0.2, -0.15) is 0 Å². The second-order valence-corrected chi connectivity index (χ2v) is 5.93. The number of benzene rings is 1. The highest BCUT2D eigenvalue weighted by atomic mass is 14.4. The van der Waals surface area contributed by atoms with Crippen LogP contribution in [0.1, 0.15) is 62.3 Å². The Kier molecular flexibility index (Phi) is 2.41. The van der Waals surface area contributed by atoms with Crippen LogP contribution in [0.2, 0.25) is 0 Å². The third kappa shape index (κ3) is 1.71. The fourth-order valence-corrected chi connectivity index (χ4v) is 2.94. The van der Waals surface area contributed by atoms with E-state index in [1.54, 1.807) is 16.7 Å². The largest absolute Gasteiger partial charge is 0.0587 e. The first-order valence-corrected chi connectivity index (χ1v) is 6.06. The summed E-state index contributed by atoms with van der Waals surface area (Å²) in [5, 5.41) is 0. The Hall–Kier alpha value is -0.780. The van der Waals surface area contributed by atoms with Crippen LogP contribution >= 0.6 is 0 Å². The van der Waals surface area contributed by atoms with E-state index in [9.17, 15) is 0 Å². The van der Waals surface area contributed by atoms with Crippen molar-refractivity contribution in [2.75, 3.05) is 0 Å². The third-order valence-electron chi connectivity index (χ3n) is 3.71. The van der Waals surface area contributed by atoms with Crippen LogP contribution in [0.15, 0.2) is 12.1 Å². The third-order valence-corrected chi connectivity index (χ3v) is 3.71. The molecule has 82 valence electrons. The summed E-state index contributed by atoms with van der Waals surface area (Å²) in [5.74, 6) is 0.649. The van der Waals surface area contributed by atoms with Crippen molar-refractivity contribution in [1.82, 2.24) is 0 Å². The first-order chi connectivity index (χ1) is 6.92. The lowest BCUT2D eigenvalue weighted by Crippen LogP contribution is -2.15. The summed E-state index contributed by atoms with van der Waals surface area (Å²) in [6.07, 6.45) is 2.58. The molecule has 2 rings (SSSR count). The van der Waals surface area contributed by atoms with Crippen molar-refractivity contribution >= 4 is 0 Å². The molecule has 1 aliphatic rings. The van der Waals surface area contributed by atoms with Crippen LogP contribution in [0, 0.1) is 6.92 Å². The highest BCUT2D eigenvalue weighted by Gasteiger charge is 2.32. The van der Waals surface area contributed by atoms with Gasteiger partial charge in [-0.25, -0.2) is 0 Å². The van der Waals surface area contributed by atoms with Gasteiger partial charge in [-0.3, -0.25) is 0 Å². The zero-order chi connectivity index (χ0) is 11.2. The Bertz CT molecular complexity index is 383. The molecule has 0 aliphatic heterocycles. The predicted molar refractivity (Wildman–Crippen MR) is 66.6 cm³/mol. The molecule has 0 saturated heterocycles. The van der Waals surface area contributed by atoms with Gasteiger partial charge in [0, 0.05) is 0 Å². The second kappa shape index (κ2) is 3.37. The fraction of sp³-hybridized carbons (Fsp3) is 0.600. The number of rotatable bonds is 1. The first kappa shape index (κ1) is 10.7. The van der Waals surface area contributed by atoms with Gasteiger partial charge in [0.25, 0.3) is 0 Å². The molecule has 0 radical (unpaired) electrons. The SMILES string of the molecule is Cc1cc2c(c(C(C)C)c1)C(C)(C)CC2. The average Bonchev–Trinajstić information content (AvgIpc) is 2.41. The zero-order valence-corrected chi connectivity index (χ0v) is 10.6. The minimum atomic E-state index is 0.392. The van der Waals surface area contributed by atoms with Gasteiger partial charge in [-0.15, -0.1) is 0 Å². The Labute approximate surface area is 93.7 Å². The van der Waals surface area contributed by atoms with Crippen molar-refractivity contribution in [3.63, 3.8) is 0 Å². The lowest BCUT2D eigenvalue weighted by atomic mass is 9.80. The summed E-state index contributed by atoms with van der Waals surface area (Å²) in [5.41, 5.74) is 6.64. The summed E-state index contributed by atoms with van der Waals surface area (Å²) in [6, 6.07) is 4.77. The molecule has 1 aromatic rings. The minimum Gasteiger partial charge on any atom is -0.0587 e. The van der Waals surface area contributed by atoms with Gasteiger partial charge in [-0.1, -0.05) is 45.4 Å². The molecular formula is C15H22. The van der Waals surface area contributed by atoms with Crippen LogP contribution in [0.5, 0.6) is 0 Å².